The van der Waals surface area contributed by atoms with Gasteiger partial charge in [0.25, 0.3) is 5.91 Å². The minimum Gasteiger partial charge on any atom is -0.491 e. The van der Waals surface area contributed by atoms with Gasteiger partial charge in [-0.1, -0.05) is 18.2 Å². The number of carbonyl (C=O) groups is 1. The van der Waals surface area contributed by atoms with Gasteiger partial charge in [-0.25, -0.2) is 4.68 Å². The lowest BCUT2D eigenvalue weighted by Crippen LogP contribution is -2.19. The van der Waals surface area contributed by atoms with Gasteiger partial charge in [-0.2, -0.15) is 10.4 Å². The van der Waals surface area contributed by atoms with Gasteiger partial charge in [0.1, 0.15) is 23.1 Å². The topological polar surface area (TPSA) is 79.9 Å². The second-order valence-corrected chi connectivity index (χ2v) is 7.11. The van der Waals surface area contributed by atoms with E-state index in [9.17, 15) is 10.1 Å². The largest absolute Gasteiger partial charge is 0.491 e. The molecule has 0 saturated heterocycles. The van der Waals surface area contributed by atoms with E-state index in [-0.39, 0.29) is 11.7 Å². The smallest absolute Gasteiger partial charge is 0.261 e. The average molecular weight is 400 g/mol. The molecule has 3 rings (SSSR count). The Bertz CT molecular complexity index is 1120. The number of hydrogen-bond acceptors (Lipinski definition) is 4. The number of benzene rings is 2. The van der Waals surface area contributed by atoms with E-state index in [4.69, 9.17) is 9.84 Å². The van der Waals surface area contributed by atoms with E-state index in [0.717, 1.165) is 22.6 Å². The molecule has 0 aliphatic heterocycles. The number of nitriles is 1. The fraction of sp³-hybridized carbons (Fsp3) is 0.208. The third-order valence-corrected chi connectivity index (χ3v) is 4.47. The third-order valence-electron chi connectivity index (χ3n) is 4.47. The van der Waals surface area contributed by atoms with Crippen molar-refractivity contribution in [1.82, 2.24) is 15.1 Å². The van der Waals surface area contributed by atoms with Crippen molar-refractivity contribution in [1.29, 1.82) is 5.26 Å². The number of ether oxygens (including phenoxy) is 1. The fourth-order valence-corrected chi connectivity index (χ4v) is 3.05. The predicted octanol–water partition coefficient (Wildman–Crippen LogP) is 4.29. The Morgan fingerprint density at radius 3 is 2.57 bits per heavy atom. The van der Waals surface area contributed by atoms with Crippen molar-refractivity contribution in [3.05, 3.63) is 71.4 Å². The Morgan fingerprint density at radius 1 is 1.23 bits per heavy atom. The molecule has 3 aromatic rings. The molecule has 1 N–H and O–H groups in total. The van der Waals surface area contributed by atoms with Gasteiger partial charge in [-0.05, 0) is 62.7 Å². The molecule has 0 spiro atoms. The number of nitrogens with zero attached hydrogens (tertiary/aromatic N) is 3. The van der Waals surface area contributed by atoms with Crippen molar-refractivity contribution in [3.8, 4) is 28.8 Å². The Morgan fingerprint density at radius 2 is 1.97 bits per heavy atom. The Labute approximate surface area is 176 Å². The van der Waals surface area contributed by atoms with Crippen molar-refractivity contribution in [3.63, 3.8) is 0 Å². The number of aromatic nitrogens is 2. The first-order valence-electron chi connectivity index (χ1n) is 9.69. The number of likely N-dealkylation sites (N-methyl/N-ethyl adjacent to an activating group) is 1. The molecule has 0 radical (unpaired) electrons. The van der Waals surface area contributed by atoms with Gasteiger partial charge >= 0.3 is 0 Å². The molecule has 0 aliphatic carbocycles. The lowest BCUT2D eigenvalue weighted by Gasteiger charge is -2.13. The lowest BCUT2D eigenvalue weighted by atomic mass is 10.0. The van der Waals surface area contributed by atoms with Crippen molar-refractivity contribution in [2.75, 3.05) is 7.05 Å². The quantitative estimate of drug-likeness (QED) is 0.494. The summed E-state index contributed by atoms with van der Waals surface area (Å²) in [7, 11) is 1.50. The minimum absolute atomic E-state index is 0.0165. The first-order valence-corrected chi connectivity index (χ1v) is 9.69. The zero-order chi connectivity index (χ0) is 21.7. The Kier molecular flexibility index (Phi) is 6.33. The summed E-state index contributed by atoms with van der Waals surface area (Å²) in [6.07, 6.45) is 3.46. The van der Waals surface area contributed by atoms with Crippen LogP contribution in [0.1, 0.15) is 25.0 Å². The van der Waals surface area contributed by atoms with Crippen LogP contribution in [-0.2, 0) is 4.79 Å². The summed E-state index contributed by atoms with van der Waals surface area (Å²) < 4.78 is 7.58. The van der Waals surface area contributed by atoms with Crippen LogP contribution in [0.2, 0.25) is 0 Å². The van der Waals surface area contributed by atoms with Gasteiger partial charge in [-0.15, -0.1) is 0 Å². The van der Waals surface area contributed by atoms with Gasteiger partial charge in [0.2, 0.25) is 0 Å². The molecular weight excluding hydrogens is 376 g/mol. The van der Waals surface area contributed by atoms with E-state index in [1.54, 1.807) is 10.8 Å². The highest BCUT2D eigenvalue weighted by atomic mass is 16.5. The van der Waals surface area contributed by atoms with Crippen molar-refractivity contribution >= 4 is 12.0 Å². The summed E-state index contributed by atoms with van der Waals surface area (Å²) in [5.41, 5.74) is 4.11. The second-order valence-electron chi connectivity index (χ2n) is 7.11. The van der Waals surface area contributed by atoms with Gasteiger partial charge in [0.15, 0.2) is 0 Å². The fourth-order valence-electron chi connectivity index (χ4n) is 3.05. The second kappa shape index (κ2) is 9.10. The monoisotopic (exact) mass is 400 g/mol. The molecule has 1 aromatic heterocycles. The first kappa shape index (κ1) is 20.9. The van der Waals surface area contributed by atoms with Crippen LogP contribution in [0.15, 0.2) is 60.3 Å². The van der Waals surface area contributed by atoms with E-state index in [1.165, 1.54) is 7.05 Å². The number of amides is 1. The summed E-state index contributed by atoms with van der Waals surface area (Å²) in [5, 5.41) is 16.7. The van der Waals surface area contributed by atoms with Crippen LogP contribution < -0.4 is 10.1 Å². The van der Waals surface area contributed by atoms with Gasteiger partial charge < -0.3 is 10.1 Å². The zero-order valence-electron chi connectivity index (χ0n) is 17.5. The molecule has 6 nitrogen and oxygen atoms in total. The van der Waals surface area contributed by atoms with E-state index in [2.05, 4.69) is 5.32 Å². The lowest BCUT2D eigenvalue weighted by molar-refractivity contribution is -0.116. The summed E-state index contributed by atoms with van der Waals surface area (Å²) in [5.74, 6) is 0.379. The molecule has 0 aliphatic rings. The molecule has 2 aromatic carbocycles. The van der Waals surface area contributed by atoms with Crippen LogP contribution in [0.25, 0.3) is 23.0 Å². The van der Waals surface area contributed by atoms with Crippen molar-refractivity contribution < 1.29 is 9.53 Å². The maximum absolute atomic E-state index is 12.0. The molecule has 30 heavy (non-hydrogen) atoms. The molecule has 0 bridgehead atoms. The maximum atomic E-state index is 12.0. The highest BCUT2D eigenvalue weighted by Gasteiger charge is 2.15. The first-order chi connectivity index (χ1) is 14.4. The summed E-state index contributed by atoms with van der Waals surface area (Å²) in [6, 6.07) is 17.5. The van der Waals surface area contributed by atoms with Crippen molar-refractivity contribution in [2.24, 2.45) is 0 Å². The molecule has 1 amide bonds. The predicted molar refractivity (Wildman–Crippen MR) is 117 cm³/mol. The van der Waals surface area contributed by atoms with E-state index in [1.807, 2.05) is 81.6 Å². The van der Waals surface area contributed by atoms with Crippen LogP contribution in [0.3, 0.4) is 0 Å². The van der Waals surface area contributed by atoms with Crippen LogP contribution in [0.4, 0.5) is 0 Å². The molecule has 0 unspecified atom stereocenters. The van der Waals surface area contributed by atoms with Gasteiger partial charge in [0.05, 0.1) is 11.8 Å². The van der Waals surface area contributed by atoms with Gasteiger partial charge in [0, 0.05) is 24.4 Å². The van der Waals surface area contributed by atoms with Crippen LogP contribution in [-0.4, -0.2) is 28.8 Å². The Hall–Kier alpha value is -3.85. The number of hydrogen-bond donors (Lipinski definition) is 1. The zero-order valence-corrected chi connectivity index (χ0v) is 17.5. The van der Waals surface area contributed by atoms with E-state index < -0.39 is 5.91 Å². The van der Waals surface area contributed by atoms with E-state index in [0.29, 0.717) is 11.3 Å². The number of rotatable bonds is 6. The third kappa shape index (κ3) is 4.58. The van der Waals surface area contributed by atoms with Crippen molar-refractivity contribution in [2.45, 2.75) is 26.9 Å². The molecule has 0 saturated carbocycles. The van der Waals surface area contributed by atoms with Crippen LogP contribution >= 0.6 is 0 Å². The molecule has 152 valence electrons. The number of nitrogens with one attached hydrogen (secondary N) is 1. The Balaban J connectivity index is 2.14. The number of para-hydroxylation sites is 1. The van der Waals surface area contributed by atoms with Crippen LogP contribution in [0, 0.1) is 18.3 Å². The average Bonchev–Trinajstić information content (AvgIpc) is 3.17. The van der Waals surface area contributed by atoms with Crippen LogP contribution in [0.5, 0.6) is 5.75 Å². The standard InChI is InChI=1S/C24H24N4O2/c1-16(2)30-22-11-10-18(12-17(22)3)23-20(13-19(14-25)24(29)26-4)15-28(27-23)21-8-6-5-7-9-21/h5-13,15-16H,1-4H3,(H,26,29)/b19-13+. The summed E-state index contributed by atoms with van der Waals surface area (Å²) in [4.78, 5) is 12.0. The molecule has 1 heterocycles. The normalized spacial score (nSPS) is 11.3. The summed E-state index contributed by atoms with van der Waals surface area (Å²) >= 11 is 0. The molecular formula is C24H24N4O2. The maximum Gasteiger partial charge on any atom is 0.261 e. The van der Waals surface area contributed by atoms with Gasteiger partial charge in [-0.3, -0.25) is 4.79 Å². The highest BCUT2D eigenvalue weighted by molar-refractivity contribution is 6.02. The minimum atomic E-state index is -0.437. The molecule has 0 fully saturated rings. The molecule has 0 atom stereocenters. The highest BCUT2D eigenvalue weighted by Crippen LogP contribution is 2.30. The number of carbonyl (C=O) groups excluding carboxylic acids is 1. The summed E-state index contributed by atoms with van der Waals surface area (Å²) in [6.45, 7) is 5.95. The number of aryl methyl sites for hydroxylation is 1. The SMILES string of the molecule is CNC(=O)/C(C#N)=C/c1cn(-c2ccccc2)nc1-c1ccc(OC(C)C)c(C)c1. The van der Waals surface area contributed by atoms with E-state index >= 15 is 0 Å². The molecule has 6 heteroatoms.